The fourth-order valence-electron chi connectivity index (χ4n) is 3.03. The zero-order valence-corrected chi connectivity index (χ0v) is 13.6. The van der Waals surface area contributed by atoms with Crippen LogP contribution in [0.3, 0.4) is 0 Å². The Hall–Kier alpha value is -1.71. The minimum Gasteiger partial charge on any atom is -0.486 e. The number of hydrogen-bond acceptors (Lipinski definition) is 3. The van der Waals surface area contributed by atoms with Gasteiger partial charge in [0.1, 0.15) is 13.2 Å². The van der Waals surface area contributed by atoms with Gasteiger partial charge in [-0.3, -0.25) is 4.79 Å². The minimum atomic E-state index is -0.574. The van der Waals surface area contributed by atoms with E-state index in [1.165, 1.54) is 12.8 Å². The maximum atomic E-state index is 12.7. The fourth-order valence-corrected chi connectivity index (χ4v) is 3.03. The first-order valence-corrected chi connectivity index (χ1v) is 8.23. The summed E-state index contributed by atoms with van der Waals surface area (Å²) in [5.74, 6) is 2.26. The smallest absolute Gasteiger partial charge is 0.230 e. The molecule has 0 radical (unpaired) electrons. The molecule has 4 nitrogen and oxygen atoms in total. The van der Waals surface area contributed by atoms with Crippen molar-refractivity contribution in [1.82, 2.24) is 5.32 Å². The van der Waals surface area contributed by atoms with Crippen molar-refractivity contribution >= 4 is 5.91 Å². The van der Waals surface area contributed by atoms with Crippen molar-refractivity contribution in [1.29, 1.82) is 0 Å². The first kappa shape index (κ1) is 15.2. The molecule has 1 aromatic rings. The summed E-state index contributed by atoms with van der Waals surface area (Å²) in [6.07, 6.45) is 3.51. The molecule has 0 aromatic heterocycles. The van der Waals surface area contributed by atoms with Crippen molar-refractivity contribution in [3.8, 4) is 11.5 Å². The van der Waals surface area contributed by atoms with E-state index < -0.39 is 5.41 Å². The van der Waals surface area contributed by atoms with Crippen LogP contribution in [0, 0.1) is 5.92 Å². The fraction of sp³-hybridized carbons (Fsp3) is 0.611. The summed E-state index contributed by atoms with van der Waals surface area (Å²) < 4.78 is 11.2. The quantitative estimate of drug-likeness (QED) is 0.909. The summed E-state index contributed by atoms with van der Waals surface area (Å²) in [7, 11) is 0. The molecule has 0 unspecified atom stereocenters. The number of carbonyl (C=O) groups is 1. The number of ether oxygens (including phenoxy) is 2. The minimum absolute atomic E-state index is 0.0905. The lowest BCUT2D eigenvalue weighted by Gasteiger charge is -2.26. The molecule has 4 heteroatoms. The molecular formula is C18H25NO3. The zero-order valence-electron chi connectivity index (χ0n) is 13.6. The van der Waals surface area contributed by atoms with E-state index in [-0.39, 0.29) is 5.91 Å². The lowest BCUT2D eigenvalue weighted by Crippen LogP contribution is -2.41. The molecule has 0 spiro atoms. The predicted octanol–water partition coefficient (Wildman–Crippen LogP) is 3.04. The van der Waals surface area contributed by atoms with E-state index in [1.54, 1.807) is 0 Å². The third-order valence-corrected chi connectivity index (χ3v) is 4.73. The first-order chi connectivity index (χ1) is 10.5. The lowest BCUT2D eigenvalue weighted by molar-refractivity contribution is -0.125. The Morgan fingerprint density at radius 1 is 1.27 bits per heavy atom. The number of carbonyl (C=O) groups excluding carboxylic acids is 1. The van der Waals surface area contributed by atoms with Crippen molar-refractivity contribution in [2.45, 2.75) is 51.5 Å². The molecule has 1 heterocycles. The van der Waals surface area contributed by atoms with Gasteiger partial charge < -0.3 is 14.8 Å². The summed E-state index contributed by atoms with van der Waals surface area (Å²) in [5.41, 5.74) is 0.386. The molecule has 1 aromatic carbocycles. The number of benzene rings is 1. The van der Waals surface area contributed by atoms with Gasteiger partial charge in [0.25, 0.3) is 0 Å². The van der Waals surface area contributed by atoms with E-state index in [0.29, 0.717) is 25.2 Å². The summed E-state index contributed by atoms with van der Waals surface area (Å²) >= 11 is 0. The van der Waals surface area contributed by atoms with E-state index >= 15 is 0 Å². The normalized spacial score (nSPS) is 23.0. The second-order valence-electron chi connectivity index (χ2n) is 6.85. The third-order valence-electron chi connectivity index (χ3n) is 4.73. The third kappa shape index (κ3) is 2.92. The van der Waals surface area contributed by atoms with Crippen LogP contribution in [0.25, 0.3) is 0 Å². The van der Waals surface area contributed by atoms with E-state index in [1.807, 2.05) is 32.0 Å². The summed E-state index contributed by atoms with van der Waals surface area (Å²) in [4.78, 5) is 12.7. The molecule has 2 atom stereocenters. The molecule has 0 bridgehead atoms. The zero-order chi connectivity index (χ0) is 15.7. The number of rotatable bonds is 5. The van der Waals surface area contributed by atoms with Gasteiger partial charge in [0.05, 0.1) is 5.41 Å². The van der Waals surface area contributed by atoms with E-state index in [0.717, 1.165) is 23.5 Å². The molecule has 3 rings (SSSR count). The highest BCUT2D eigenvalue weighted by atomic mass is 16.6. The standard InChI is InChI=1S/C18H25NO3/c1-4-5-12-10-14(12)19-17(20)18(2,3)13-6-7-15-16(11-13)22-9-8-21-15/h6-7,11-12,14H,4-5,8-10H2,1-3H3,(H,19,20)/t12-,14-/m0/s1. The van der Waals surface area contributed by atoms with Crippen molar-refractivity contribution in [2.75, 3.05) is 13.2 Å². The van der Waals surface area contributed by atoms with E-state index in [9.17, 15) is 4.79 Å². The van der Waals surface area contributed by atoms with Gasteiger partial charge in [0, 0.05) is 6.04 Å². The number of amides is 1. The van der Waals surface area contributed by atoms with Crippen molar-refractivity contribution in [2.24, 2.45) is 5.92 Å². The van der Waals surface area contributed by atoms with Gasteiger partial charge in [-0.05, 0) is 50.3 Å². The van der Waals surface area contributed by atoms with E-state index in [4.69, 9.17) is 9.47 Å². The van der Waals surface area contributed by atoms with Crippen LogP contribution in [-0.4, -0.2) is 25.2 Å². The van der Waals surface area contributed by atoms with Gasteiger partial charge in [-0.2, -0.15) is 0 Å². The number of fused-ring (bicyclic) bond motifs is 1. The maximum absolute atomic E-state index is 12.7. The molecule has 2 aliphatic rings. The lowest BCUT2D eigenvalue weighted by atomic mass is 9.83. The van der Waals surface area contributed by atoms with Crippen LogP contribution in [0.4, 0.5) is 0 Å². The van der Waals surface area contributed by atoms with Crippen LogP contribution in [0.15, 0.2) is 18.2 Å². The highest BCUT2D eigenvalue weighted by Gasteiger charge is 2.40. The van der Waals surface area contributed by atoms with Crippen molar-refractivity contribution in [3.63, 3.8) is 0 Å². The van der Waals surface area contributed by atoms with E-state index in [2.05, 4.69) is 12.2 Å². The van der Waals surface area contributed by atoms with Crippen LogP contribution < -0.4 is 14.8 Å². The monoisotopic (exact) mass is 303 g/mol. The SMILES string of the molecule is CCC[C@H]1C[C@@H]1NC(=O)C(C)(C)c1ccc2c(c1)OCCO2. The molecule has 1 aliphatic carbocycles. The van der Waals surface area contributed by atoms with Crippen LogP contribution >= 0.6 is 0 Å². The second kappa shape index (κ2) is 5.82. The maximum Gasteiger partial charge on any atom is 0.230 e. The summed E-state index contributed by atoms with van der Waals surface area (Å²) in [5, 5.41) is 3.20. The largest absolute Gasteiger partial charge is 0.486 e. The average Bonchev–Trinajstić information content (AvgIpc) is 3.24. The van der Waals surface area contributed by atoms with Gasteiger partial charge in [-0.25, -0.2) is 0 Å². The summed E-state index contributed by atoms with van der Waals surface area (Å²) in [6.45, 7) is 7.26. The van der Waals surface area contributed by atoms with Gasteiger partial charge in [0.15, 0.2) is 11.5 Å². The Morgan fingerprint density at radius 2 is 2.00 bits per heavy atom. The molecule has 1 N–H and O–H groups in total. The second-order valence-corrected chi connectivity index (χ2v) is 6.85. The average molecular weight is 303 g/mol. The predicted molar refractivity (Wildman–Crippen MR) is 85.4 cm³/mol. The summed E-state index contributed by atoms with van der Waals surface area (Å²) in [6, 6.07) is 6.16. The molecule has 120 valence electrons. The molecule has 22 heavy (non-hydrogen) atoms. The number of nitrogens with one attached hydrogen (secondary N) is 1. The Balaban J connectivity index is 1.70. The first-order valence-electron chi connectivity index (χ1n) is 8.23. The van der Waals surface area contributed by atoms with Crippen LogP contribution in [-0.2, 0) is 10.2 Å². The van der Waals surface area contributed by atoms with Crippen LogP contribution in [0.1, 0.15) is 45.6 Å². The van der Waals surface area contributed by atoms with Gasteiger partial charge in [0.2, 0.25) is 5.91 Å². The Labute approximate surface area is 132 Å². The molecular weight excluding hydrogens is 278 g/mol. The molecule has 1 saturated carbocycles. The van der Waals surface area contributed by atoms with Crippen molar-refractivity contribution in [3.05, 3.63) is 23.8 Å². The molecule has 1 aliphatic heterocycles. The van der Waals surface area contributed by atoms with Crippen LogP contribution in [0.2, 0.25) is 0 Å². The Morgan fingerprint density at radius 3 is 2.73 bits per heavy atom. The molecule has 1 amide bonds. The Kier molecular flexibility index (Phi) is 4.02. The number of hydrogen-bond donors (Lipinski definition) is 1. The topological polar surface area (TPSA) is 47.6 Å². The molecule has 1 fully saturated rings. The van der Waals surface area contributed by atoms with Gasteiger partial charge in [-0.1, -0.05) is 19.4 Å². The van der Waals surface area contributed by atoms with Gasteiger partial charge >= 0.3 is 0 Å². The molecule has 0 saturated heterocycles. The highest BCUT2D eigenvalue weighted by molar-refractivity contribution is 5.88. The van der Waals surface area contributed by atoms with Gasteiger partial charge in [-0.15, -0.1) is 0 Å². The van der Waals surface area contributed by atoms with Crippen LogP contribution in [0.5, 0.6) is 11.5 Å². The van der Waals surface area contributed by atoms with Crippen molar-refractivity contribution < 1.29 is 14.3 Å². The highest BCUT2D eigenvalue weighted by Crippen LogP contribution is 2.38. The Bertz CT molecular complexity index is 567.